The van der Waals surface area contributed by atoms with E-state index in [1.165, 1.54) is 0 Å². The minimum Gasteiger partial charge on any atom is -0.343 e. The second kappa shape index (κ2) is 9.77. The van der Waals surface area contributed by atoms with Crippen LogP contribution in [0.1, 0.15) is 58.8 Å². The van der Waals surface area contributed by atoms with E-state index in [1.54, 1.807) is 0 Å². The Morgan fingerprint density at radius 3 is 2.43 bits per heavy atom. The largest absolute Gasteiger partial charge is 0.343 e. The molecule has 5 heteroatoms. The molecular weight excluding hydrogens is 266 g/mol. The fourth-order valence-electron chi connectivity index (χ4n) is 3.00. The van der Waals surface area contributed by atoms with Gasteiger partial charge in [-0.2, -0.15) is 0 Å². The summed E-state index contributed by atoms with van der Waals surface area (Å²) in [6.45, 7) is 7.18. The van der Waals surface area contributed by atoms with E-state index in [0.717, 1.165) is 45.3 Å². The van der Waals surface area contributed by atoms with E-state index in [1.807, 2.05) is 9.80 Å². The van der Waals surface area contributed by atoms with E-state index >= 15 is 0 Å². The molecule has 2 amide bonds. The van der Waals surface area contributed by atoms with Crippen molar-refractivity contribution in [2.24, 2.45) is 5.73 Å². The molecule has 0 aromatic carbocycles. The molecule has 21 heavy (non-hydrogen) atoms. The van der Waals surface area contributed by atoms with Crippen LogP contribution in [0.25, 0.3) is 0 Å². The Morgan fingerprint density at radius 2 is 1.86 bits per heavy atom. The molecule has 0 radical (unpaired) electrons. The number of hydrogen-bond donors (Lipinski definition) is 1. The lowest BCUT2D eigenvalue weighted by atomic mass is 10.1. The van der Waals surface area contributed by atoms with Gasteiger partial charge in [-0.25, -0.2) is 0 Å². The molecule has 0 saturated carbocycles. The summed E-state index contributed by atoms with van der Waals surface area (Å²) < 4.78 is 0. The van der Waals surface area contributed by atoms with E-state index in [-0.39, 0.29) is 17.9 Å². The van der Waals surface area contributed by atoms with Crippen LogP contribution in [-0.4, -0.2) is 53.8 Å². The maximum Gasteiger partial charge on any atom is 0.222 e. The van der Waals surface area contributed by atoms with Crippen molar-refractivity contribution in [3.05, 3.63) is 0 Å². The SMILES string of the molecule is CCCN(CCC)C(=O)CCCC(=O)N1CCCC1CN. The molecular formula is C16H31N3O2. The Balaban J connectivity index is 2.31. The van der Waals surface area contributed by atoms with Gasteiger partial charge in [-0.15, -0.1) is 0 Å². The van der Waals surface area contributed by atoms with E-state index in [2.05, 4.69) is 13.8 Å². The Hall–Kier alpha value is -1.10. The van der Waals surface area contributed by atoms with Crippen LogP contribution in [0.2, 0.25) is 0 Å². The van der Waals surface area contributed by atoms with Gasteiger partial charge in [0.2, 0.25) is 11.8 Å². The number of carbonyl (C=O) groups is 2. The predicted molar refractivity (Wildman–Crippen MR) is 84.8 cm³/mol. The number of rotatable bonds is 9. The first kappa shape index (κ1) is 18.0. The summed E-state index contributed by atoms with van der Waals surface area (Å²) in [4.78, 5) is 28.1. The molecule has 0 aromatic rings. The van der Waals surface area contributed by atoms with Crippen LogP contribution in [0.15, 0.2) is 0 Å². The predicted octanol–water partition coefficient (Wildman–Crippen LogP) is 1.75. The van der Waals surface area contributed by atoms with Crippen molar-refractivity contribution in [1.82, 2.24) is 9.80 Å². The first-order chi connectivity index (χ1) is 10.1. The van der Waals surface area contributed by atoms with Gasteiger partial charge in [0.1, 0.15) is 0 Å². The second-order valence-electron chi connectivity index (χ2n) is 5.85. The molecule has 1 heterocycles. The number of likely N-dealkylation sites (tertiary alicyclic amines) is 1. The van der Waals surface area contributed by atoms with Crippen LogP contribution in [0, 0.1) is 0 Å². The molecule has 1 aliphatic heterocycles. The van der Waals surface area contributed by atoms with Crippen molar-refractivity contribution < 1.29 is 9.59 Å². The molecule has 1 aliphatic rings. The summed E-state index contributed by atoms with van der Waals surface area (Å²) in [5.74, 6) is 0.344. The highest BCUT2D eigenvalue weighted by atomic mass is 16.2. The van der Waals surface area contributed by atoms with Gasteiger partial charge in [0.05, 0.1) is 0 Å². The van der Waals surface area contributed by atoms with Crippen LogP contribution < -0.4 is 5.73 Å². The summed E-state index contributed by atoms with van der Waals surface area (Å²) in [7, 11) is 0. The molecule has 1 atom stereocenters. The molecule has 2 N–H and O–H groups in total. The summed E-state index contributed by atoms with van der Waals surface area (Å²) in [5.41, 5.74) is 5.69. The van der Waals surface area contributed by atoms with Gasteiger partial charge in [-0.3, -0.25) is 9.59 Å². The molecule has 5 nitrogen and oxygen atoms in total. The monoisotopic (exact) mass is 297 g/mol. The Morgan fingerprint density at radius 1 is 1.19 bits per heavy atom. The maximum atomic E-state index is 12.2. The highest BCUT2D eigenvalue weighted by Crippen LogP contribution is 2.18. The lowest BCUT2D eigenvalue weighted by molar-refractivity contribution is -0.133. The van der Waals surface area contributed by atoms with E-state index < -0.39 is 0 Å². The standard InChI is InChI=1S/C16H31N3O2/c1-3-10-18(11-4-2)15(20)8-5-9-16(21)19-12-6-7-14(19)13-17/h14H,3-13,17H2,1-2H3. The Labute approximate surface area is 128 Å². The number of nitrogens with zero attached hydrogens (tertiary/aromatic N) is 2. The summed E-state index contributed by atoms with van der Waals surface area (Å²) in [5, 5.41) is 0. The average Bonchev–Trinajstić information content (AvgIpc) is 2.95. The molecule has 0 aliphatic carbocycles. The number of nitrogens with two attached hydrogens (primary N) is 1. The van der Waals surface area contributed by atoms with Crippen LogP contribution in [0.3, 0.4) is 0 Å². The molecule has 122 valence electrons. The maximum absolute atomic E-state index is 12.2. The van der Waals surface area contributed by atoms with E-state index in [0.29, 0.717) is 25.8 Å². The van der Waals surface area contributed by atoms with Gasteiger partial charge in [-0.1, -0.05) is 13.8 Å². The highest BCUT2D eigenvalue weighted by Gasteiger charge is 2.27. The molecule has 0 bridgehead atoms. The highest BCUT2D eigenvalue weighted by molar-refractivity contribution is 5.79. The zero-order valence-electron chi connectivity index (χ0n) is 13.6. The van der Waals surface area contributed by atoms with Crippen LogP contribution in [-0.2, 0) is 9.59 Å². The number of hydrogen-bond acceptors (Lipinski definition) is 3. The number of carbonyl (C=O) groups excluding carboxylic acids is 2. The van der Waals surface area contributed by atoms with E-state index in [9.17, 15) is 9.59 Å². The van der Waals surface area contributed by atoms with Crippen LogP contribution in [0.5, 0.6) is 0 Å². The molecule has 1 fully saturated rings. The van der Waals surface area contributed by atoms with Gasteiger partial charge in [0.25, 0.3) is 0 Å². The van der Waals surface area contributed by atoms with Crippen molar-refractivity contribution in [3.63, 3.8) is 0 Å². The molecule has 1 rings (SSSR count). The van der Waals surface area contributed by atoms with Crippen LogP contribution >= 0.6 is 0 Å². The lowest BCUT2D eigenvalue weighted by Crippen LogP contribution is -2.40. The van der Waals surface area contributed by atoms with Crippen molar-refractivity contribution in [2.45, 2.75) is 64.8 Å². The van der Waals surface area contributed by atoms with E-state index in [4.69, 9.17) is 5.73 Å². The Bertz CT molecular complexity index is 327. The first-order valence-corrected chi connectivity index (χ1v) is 8.41. The zero-order valence-corrected chi connectivity index (χ0v) is 13.6. The minimum atomic E-state index is 0.160. The van der Waals surface area contributed by atoms with Gasteiger partial charge >= 0.3 is 0 Å². The van der Waals surface area contributed by atoms with Crippen molar-refractivity contribution in [1.29, 1.82) is 0 Å². The first-order valence-electron chi connectivity index (χ1n) is 8.41. The normalized spacial score (nSPS) is 18.0. The van der Waals surface area contributed by atoms with Gasteiger partial charge in [-0.05, 0) is 32.1 Å². The second-order valence-corrected chi connectivity index (χ2v) is 5.85. The third-order valence-electron chi connectivity index (χ3n) is 4.09. The minimum absolute atomic E-state index is 0.160. The number of amides is 2. The molecule has 1 saturated heterocycles. The third-order valence-corrected chi connectivity index (χ3v) is 4.09. The topological polar surface area (TPSA) is 66.6 Å². The summed E-state index contributed by atoms with van der Waals surface area (Å²) in [6.07, 6.45) is 5.62. The summed E-state index contributed by atoms with van der Waals surface area (Å²) >= 11 is 0. The smallest absolute Gasteiger partial charge is 0.222 e. The fourth-order valence-corrected chi connectivity index (χ4v) is 3.00. The molecule has 0 spiro atoms. The fraction of sp³-hybridized carbons (Fsp3) is 0.875. The van der Waals surface area contributed by atoms with Crippen molar-refractivity contribution in [3.8, 4) is 0 Å². The Kier molecular flexibility index (Phi) is 8.35. The third kappa shape index (κ3) is 5.65. The zero-order chi connectivity index (χ0) is 15.7. The van der Waals surface area contributed by atoms with Crippen molar-refractivity contribution in [2.75, 3.05) is 26.2 Å². The average molecular weight is 297 g/mol. The summed E-state index contributed by atoms with van der Waals surface area (Å²) in [6, 6.07) is 0.213. The molecule has 1 unspecified atom stereocenters. The molecule has 0 aromatic heterocycles. The van der Waals surface area contributed by atoms with Crippen molar-refractivity contribution >= 4 is 11.8 Å². The van der Waals surface area contributed by atoms with Crippen LogP contribution in [0.4, 0.5) is 0 Å². The van der Waals surface area contributed by atoms with Gasteiger partial charge in [0, 0.05) is 45.1 Å². The van der Waals surface area contributed by atoms with Gasteiger partial charge in [0.15, 0.2) is 0 Å². The quantitative estimate of drug-likeness (QED) is 0.705. The van der Waals surface area contributed by atoms with Gasteiger partial charge < -0.3 is 15.5 Å². The lowest BCUT2D eigenvalue weighted by Gasteiger charge is -2.24.